The highest BCUT2D eigenvalue weighted by atomic mass is 16.3. The van der Waals surface area contributed by atoms with E-state index in [4.69, 9.17) is 4.42 Å². The van der Waals surface area contributed by atoms with Gasteiger partial charge in [0.2, 0.25) is 0 Å². The fourth-order valence-corrected chi connectivity index (χ4v) is 11.1. The molecule has 1 aromatic heterocycles. The summed E-state index contributed by atoms with van der Waals surface area (Å²) in [6.45, 7) is 4.79. The van der Waals surface area contributed by atoms with Crippen LogP contribution < -0.4 is 4.90 Å². The Bertz CT molecular complexity index is 3390. The van der Waals surface area contributed by atoms with Gasteiger partial charge in [0.25, 0.3) is 0 Å². The van der Waals surface area contributed by atoms with Gasteiger partial charge in [0.05, 0.1) is 11.7 Å². The molecule has 0 spiro atoms. The van der Waals surface area contributed by atoms with Crippen molar-refractivity contribution in [2.45, 2.75) is 38.1 Å². The fraction of sp³-hybridized carbons (Fsp3) is 0.115. The monoisotopic (exact) mass is 809 g/mol. The van der Waals surface area contributed by atoms with Crippen LogP contribution in [0.5, 0.6) is 0 Å². The lowest BCUT2D eigenvalue weighted by atomic mass is 9.69. The molecule has 3 aliphatic rings. The van der Waals surface area contributed by atoms with E-state index in [1.807, 2.05) is 0 Å². The smallest absolute Gasteiger partial charge is 0.159 e. The highest BCUT2D eigenvalue weighted by Crippen LogP contribution is 2.56. The van der Waals surface area contributed by atoms with E-state index in [0.717, 1.165) is 46.2 Å². The summed E-state index contributed by atoms with van der Waals surface area (Å²) >= 11 is 0. The number of nitrogens with zero attached hydrogens (tertiary/aromatic N) is 1. The van der Waals surface area contributed by atoms with E-state index < -0.39 is 0 Å². The normalized spacial score (nSPS) is 19.0. The summed E-state index contributed by atoms with van der Waals surface area (Å²) < 4.78 is 6.92. The van der Waals surface area contributed by atoms with Gasteiger partial charge in [-0.25, -0.2) is 0 Å². The van der Waals surface area contributed by atoms with Gasteiger partial charge >= 0.3 is 0 Å². The Kier molecular flexibility index (Phi) is 8.83. The SMILES string of the molecule is CC1C=CC=C(C2(C)c3ccccc3-c3ccc(-c4ccccc4N(c4cccc5c4oc4ccccc45)C4CC=CC=C4c4cccc5cccc(-c6ccccc6)c45)cc32)C1. The minimum absolute atomic E-state index is 0.0611. The Morgan fingerprint density at radius 1 is 0.556 bits per heavy atom. The number of para-hydroxylation sites is 3. The summed E-state index contributed by atoms with van der Waals surface area (Å²) in [6, 6.07) is 64.7. The van der Waals surface area contributed by atoms with Crippen molar-refractivity contribution in [2.24, 2.45) is 5.92 Å². The average molecular weight is 810 g/mol. The van der Waals surface area contributed by atoms with Crippen molar-refractivity contribution in [3.63, 3.8) is 0 Å². The number of hydrogen-bond donors (Lipinski definition) is 0. The van der Waals surface area contributed by atoms with Crippen LogP contribution >= 0.6 is 0 Å². The first-order valence-electron chi connectivity index (χ1n) is 22.4. The van der Waals surface area contributed by atoms with Crippen LogP contribution in [-0.2, 0) is 5.41 Å². The molecule has 0 N–H and O–H groups in total. The molecule has 0 saturated heterocycles. The molecule has 0 saturated carbocycles. The van der Waals surface area contributed by atoms with Gasteiger partial charge in [0.1, 0.15) is 5.58 Å². The second-order valence-corrected chi connectivity index (χ2v) is 17.7. The quantitative estimate of drug-likeness (QED) is 0.159. The van der Waals surface area contributed by atoms with Crippen LogP contribution in [0.2, 0.25) is 0 Å². The molecule has 3 unspecified atom stereocenters. The highest BCUT2D eigenvalue weighted by Gasteiger charge is 2.43. The maximum Gasteiger partial charge on any atom is 0.159 e. The van der Waals surface area contributed by atoms with Crippen molar-refractivity contribution >= 4 is 49.7 Å². The zero-order chi connectivity index (χ0) is 42.1. The van der Waals surface area contributed by atoms with Crippen molar-refractivity contribution < 1.29 is 4.42 Å². The van der Waals surface area contributed by atoms with Gasteiger partial charge in [0.15, 0.2) is 5.58 Å². The molecule has 0 fully saturated rings. The van der Waals surface area contributed by atoms with E-state index in [2.05, 4.69) is 231 Å². The molecule has 1 heterocycles. The fourth-order valence-electron chi connectivity index (χ4n) is 11.1. The minimum atomic E-state index is -0.246. The molecule has 63 heavy (non-hydrogen) atoms. The molecule has 0 amide bonds. The van der Waals surface area contributed by atoms with E-state index in [1.165, 1.54) is 72.0 Å². The van der Waals surface area contributed by atoms with Crippen LogP contribution in [0.15, 0.2) is 222 Å². The Balaban J connectivity index is 1.09. The molecule has 0 aliphatic heterocycles. The molecule has 0 radical (unpaired) electrons. The number of allylic oxidation sites excluding steroid dienone is 6. The maximum atomic E-state index is 6.92. The molecule has 12 rings (SSSR count). The number of benzene rings is 8. The Labute approximate surface area is 369 Å². The van der Waals surface area contributed by atoms with Gasteiger partial charge in [-0.2, -0.15) is 0 Å². The molecule has 8 aromatic carbocycles. The van der Waals surface area contributed by atoms with Gasteiger partial charge in [-0.15, -0.1) is 0 Å². The van der Waals surface area contributed by atoms with Gasteiger partial charge < -0.3 is 9.32 Å². The molecule has 302 valence electrons. The first kappa shape index (κ1) is 37.4. The average Bonchev–Trinajstić information content (AvgIpc) is 3.85. The molecular weight excluding hydrogens is 763 g/mol. The zero-order valence-electron chi connectivity index (χ0n) is 35.6. The molecular formula is C61H47NO. The van der Waals surface area contributed by atoms with Gasteiger partial charge in [0, 0.05) is 27.4 Å². The first-order valence-corrected chi connectivity index (χ1v) is 22.4. The lowest BCUT2D eigenvalue weighted by molar-refractivity contribution is 0.590. The molecule has 0 bridgehead atoms. The summed E-state index contributed by atoms with van der Waals surface area (Å²) in [5.74, 6) is 0.494. The van der Waals surface area contributed by atoms with Crippen LogP contribution in [0.1, 0.15) is 43.4 Å². The van der Waals surface area contributed by atoms with Crippen LogP contribution in [0.25, 0.3) is 71.7 Å². The van der Waals surface area contributed by atoms with E-state index in [9.17, 15) is 0 Å². The summed E-state index contributed by atoms with van der Waals surface area (Å²) in [4.78, 5) is 2.59. The van der Waals surface area contributed by atoms with E-state index in [-0.39, 0.29) is 11.5 Å². The molecule has 2 nitrogen and oxygen atoms in total. The lowest BCUT2D eigenvalue weighted by Gasteiger charge is -2.38. The molecule has 9 aromatic rings. The van der Waals surface area contributed by atoms with Crippen LogP contribution in [0, 0.1) is 5.92 Å². The summed E-state index contributed by atoms with van der Waals surface area (Å²) in [7, 11) is 0. The van der Waals surface area contributed by atoms with E-state index in [0.29, 0.717) is 5.92 Å². The second-order valence-electron chi connectivity index (χ2n) is 17.7. The largest absolute Gasteiger partial charge is 0.454 e. The van der Waals surface area contributed by atoms with Gasteiger partial charge in [-0.3, -0.25) is 0 Å². The number of rotatable bonds is 7. The van der Waals surface area contributed by atoms with Crippen molar-refractivity contribution in [2.75, 3.05) is 4.90 Å². The highest BCUT2D eigenvalue weighted by molar-refractivity contribution is 6.11. The molecule has 3 aliphatic carbocycles. The predicted molar refractivity (Wildman–Crippen MR) is 266 cm³/mol. The van der Waals surface area contributed by atoms with E-state index >= 15 is 0 Å². The van der Waals surface area contributed by atoms with Crippen molar-refractivity contribution in [1.29, 1.82) is 0 Å². The van der Waals surface area contributed by atoms with Crippen LogP contribution in [0.4, 0.5) is 11.4 Å². The van der Waals surface area contributed by atoms with Crippen molar-refractivity contribution in [3.05, 3.63) is 235 Å². The number of fused-ring (bicyclic) bond motifs is 7. The lowest BCUT2D eigenvalue weighted by Crippen LogP contribution is -2.33. The van der Waals surface area contributed by atoms with Gasteiger partial charge in [-0.05, 0) is 111 Å². The topological polar surface area (TPSA) is 16.4 Å². The molecule has 3 atom stereocenters. The third-order valence-corrected chi connectivity index (χ3v) is 14.1. The number of hydrogen-bond acceptors (Lipinski definition) is 2. The number of anilines is 2. The number of furan rings is 1. The predicted octanol–water partition coefficient (Wildman–Crippen LogP) is 16.4. The van der Waals surface area contributed by atoms with E-state index in [1.54, 1.807) is 0 Å². The third-order valence-electron chi connectivity index (χ3n) is 14.1. The summed E-state index contributed by atoms with van der Waals surface area (Å²) in [5.41, 5.74) is 18.0. The molecule has 2 heteroatoms. The summed E-state index contributed by atoms with van der Waals surface area (Å²) in [6.07, 6.45) is 15.8. The van der Waals surface area contributed by atoms with Crippen LogP contribution in [-0.4, -0.2) is 6.04 Å². The van der Waals surface area contributed by atoms with Crippen molar-refractivity contribution in [3.8, 4) is 33.4 Å². The zero-order valence-corrected chi connectivity index (χ0v) is 35.6. The van der Waals surface area contributed by atoms with Crippen LogP contribution in [0.3, 0.4) is 0 Å². The Hall–Kier alpha value is -7.42. The first-order chi connectivity index (χ1) is 31.1. The van der Waals surface area contributed by atoms with Gasteiger partial charge in [-0.1, -0.05) is 201 Å². The maximum absolute atomic E-state index is 6.92. The Morgan fingerprint density at radius 3 is 2.13 bits per heavy atom. The van der Waals surface area contributed by atoms with Crippen molar-refractivity contribution in [1.82, 2.24) is 0 Å². The minimum Gasteiger partial charge on any atom is -0.454 e. The standard InChI is InChI=1S/C61H47NO/c1-40-18-14-23-44(38-40)61(2)53-31-10-6-25-47(53)48-37-36-43(39-54(48)61)45-24-7-11-32-55(45)62(57-34-17-30-52-50-27-9-13-35-58(50)63-60(52)57)56-33-12-8-26-49(56)51-29-16-22-42-21-15-28-46(59(42)51)41-19-4-3-5-20-41/h3-32,34-37,39-40,56H,33,38H2,1-2H3. The second kappa shape index (κ2) is 14.9. The Morgan fingerprint density at radius 2 is 1.25 bits per heavy atom. The summed E-state index contributed by atoms with van der Waals surface area (Å²) in [5, 5.41) is 4.75. The third kappa shape index (κ3) is 5.93.